The first kappa shape index (κ1) is 9.14. The molecule has 2 aromatic carbocycles. The van der Waals surface area contributed by atoms with Gasteiger partial charge in [0.05, 0.1) is 0 Å². The Labute approximate surface area is 103 Å². The SMILES string of the molecule is Clc1nnc2c3c(cccc13)-c1ccccc1-2. The Morgan fingerprint density at radius 1 is 0.765 bits per heavy atom. The van der Waals surface area contributed by atoms with Gasteiger partial charge in [-0.15, -0.1) is 10.2 Å². The number of nitrogens with zero attached hydrogens (tertiary/aromatic N) is 2. The van der Waals surface area contributed by atoms with Crippen molar-refractivity contribution in [2.75, 3.05) is 0 Å². The minimum atomic E-state index is 0.471. The second-order valence-electron chi connectivity index (χ2n) is 4.11. The molecule has 0 unspecified atom stereocenters. The summed E-state index contributed by atoms with van der Waals surface area (Å²) in [5.41, 5.74) is 4.49. The van der Waals surface area contributed by atoms with Crippen molar-refractivity contribution in [3.05, 3.63) is 47.6 Å². The molecule has 0 bridgehead atoms. The summed E-state index contributed by atoms with van der Waals surface area (Å²) in [6, 6.07) is 14.4. The standard InChI is InChI=1S/C14H7ClN2/c15-14-11-7-3-6-9-8-4-1-2-5-10(8)13(12(9)11)16-17-14/h1-7H. The van der Waals surface area contributed by atoms with E-state index in [1.54, 1.807) is 0 Å². The third-order valence-corrected chi connectivity index (χ3v) is 3.51. The second-order valence-corrected chi connectivity index (χ2v) is 4.47. The molecule has 1 heterocycles. The highest BCUT2D eigenvalue weighted by molar-refractivity contribution is 6.35. The normalized spacial score (nSPS) is 11.8. The lowest BCUT2D eigenvalue weighted by atomic mass is 10.1. The molecular weight excluding hydrogens is 232 g/mol. The summed E-state index contributed by atoms with van der Waals surface area (Å²) in [7, 11) is 0. The van der Waals surface area contributed by atoms with E-state index in [4.69, 9.17) is 11.6 Å². The molecule has 2 nitrogen and oxygen atoms in total. The highest BCUT2D eigenvalue weighted by Crippen LogP contribution is 2.46. The largest absolute Gasteiger partial charge is 0.159 e. The first-order valence-electron chi connectivity index (χ1n) is 5.41. The lowest BCUT2D eigenvalue weighted by Gasteiger charge is -2.01. The van der Waals surface area contributed by atoms with Gasteiger partial charge in [0.15, 0.2) is 5.15 Å². The van der Waals surface area contributed by atoms with E-state index in [1.165, 1.54) is 11.1 Å². The first-order valence-corrected chi connectivity index (χ1v) is 5.79. The molecule has 3 aromatic rings. The summed E-state index contributed by atoms with van der Waals surface area (Å²) >= 11 is 6.10. The maximum absolute atomic E-state index is 6.10. The van der Waals surface area contributed by atoms with Crippen LogP contribution in [0.1, 0.15) is 0 Å². The zero-order valence-corrected chi connectivity index (χ0v) is 9.57. The van der Waals surface area contributed by atoms with Gasteiger partial charge in [0.1, 0.15) is 5.69 Å². The van der Waals surface area contributed by atoms with E-state index in [-0.39, 0.29) is 0 Å². The predicted molar refractivity (Wildman–Crippen MR) is 69.0 cm³/mol. The van der Waals surface area contributed by atoms with Crippen molar-refractivity contribution in [3.8, 4) is 22.4 Å². The molecule has 0 saturated heterocycles. The van der Waals surface area contributed by atoms with Crippen molar-refractivity contribution in [3.63, 3.8) is 0 Å². The Morgan fingerprint density at radius 3 is 2.41 bits per heavy atom. The van der Waals surface area contributed by atoms with E-state index in [9.17, 15) is 0 Å². The van der Waals surface area contributed by atoms with Crippen LogP contribution in [0.2, 0.25) is 5.15 Å². The Bertz CT molecular complexity index is 736. The molecule has 1 aliphatic rings. The van der Waals surface area contributed by atoms with Gasteiger partial charge < -0.3 is 0 Å². The van der Waals surface area contributed by atoms with Crippen LogP contribution in [0, 0.1) is 0 Å². The zero-order valence-electron chi connectivity index (χ0n) is 8.81. The van der Waals surface area contributed by atoms with Gasteiger partial charge in [-0.3, -0.25) is 0 Å². The molecule has 17 heavy (non-hydrogen) atoms. The predicted octanol–water partition coefficient (Wildman–Crippen LogP) is 3.93. The third kappa shape index (κ3) is 1.06. The molecule has 3 heteroatoms. The smallest absolute Gasteiger partial charge is 0.148 e. The van der Waals surface area contributed by atoms with Crippen LogP contribution < -0.4 is 0 Å². The van der Waals surface area contributed by atoms with Crippen LogP contribution in [-0.4, -0.2) is 10.2 Å². The number of benzene rings is 2. The monoisotopic (exact) mass is 238 g/mol. The molecule has 80 valence electrons. The van der Waals surface area contributed by atoms with Crippen molar-refractivity contribution in [2.24, 2.45) is 0 Å². The summed E-state index contributed by atoms with van der Waals surface area (Å²) in [5.74, 6) is 0. The van der Waals surface area contributed by atoms with Crippen molar-refractivity contribution < 1.29 is 0 Å². The summed E-state index contributed by atoms with van der Waals surface area (Å²) < 4.78 is 0. The quantitative estimate of drug-likeness (QED) is 0.464. The molecular formula is C14H7ClN2. The molecule has 1 aromatic heterocycles. The van der Waals surface area contributed by atoms with E-state index in [1.807, 2.05) is 24.3 Å². The fourth-order valence-corrected chi connectivity index (χ4v) is 2.71. The van der Waals surface area contributed by atoms with Gasteiger partial charge in [0, 0.05) is 16.3 Å². The molecule has 4 rings (SSSR count). The minimum Gasteiger partial charge on any atom is -0.148 e. The zero-order chi connectivity index (χ0) is 11.4. The van der Waals surface area contributed by atoms with Crippen LogP contribution in [0.5, 0.6) is 0 Å². The van der Waals surface area contributed by atoms with E-state index < -0.39 is 0 Å². The number of hydrogen-bond acceptors (Lipinski definition) is 2. The van der Waals surface area contributed by atoms with Crippen LogP contribution >= 0.6 is 11.6 Å². The van der Waals surface area contributed by atoms with Gasteiger partial charge in [-0.05, 0) is 11.1 Å². The lowest BCUT2D eigenvalue weighted by Crippen LogP contribution is -1.87. The van der Waals surface area contributed by atoms with Gasteiger partial charge in [0.2, 0.25) is 0 Å². The van der Waals surface area contributed by atoms with Crippen molar-refractivity contribution >= 4 is 22.4 Å². The van der Waals surface area contributed by atoms with E-state index >= 15 is 0 Å². The molecule has 0 amide bonds. The van der Waals surface area contributed by atoms with E-state index in [0.29, 0.717) is 5.15 Å². The number of fused-ring (bicyclic) bond motifs is 3. The van der Waals surface area contributed by atoms with E-state index in [2.05, 4.69) is 28.4 Å². The van der Waals surface area contributed by atoms with Crippen molar-refractivity contribution in [1.29, 1.82) is 0 Å². The second kappa shape index (κ2) is 3.05. The molecule has 0 atom stereocenters. The molecule has 1 aliphatic carbocycles. The maximum Gasteiger partial charge on any atom is 0.159 e. The molecule has 0 saturated carbocycles. The van der Waals surface area contributed by atoms with Crippen molar-refractivity contribution in [2.45, 2.75) is 0 Å². The first-order chi connectivity index (χ1) is 8.36. The highest BCUT2D eigenvalue weighted by atomic mass is 35.5. The third-order valence-electron chi connectivity index (χ3n) is 3.23. The Balaban J connectivity index is 2.30. The van der Waals surface area contributed by atoms with Gasteiger partial charge in [-0.1, -0.05) is 54.1 Å². The summed E-state index contributed by atoms with van der Waals surface area (Å²) in [5, 5.41) is 10.8. The molecule has 0 N–H and O–H groups in total. The van der Waals surface area contributed by atoms with Crippen LogP contribution in [0.15, 0.2) is 42.5 Å². The fraction of sp³-hybridized carbons (Fsp3) is 0. The Hall–Kier alpha value is -1.93. The molecule has 0 fully saturated rings. The number of hydrogen-bond donors (Lipinski definition) is 0. The number of aromatic nitrogens is 2. The van der Waals surface area contributed by atoms with Gasteiger partial charge in [-0.2, -0.15) is 0 Å². The molecule has 0 aliphatic heterocycles. The maximum atomic E-state index is 6.10. The van der Waals surface area contributed by atoms with Crippen LogP contribution in [0.3, 0.4) is 0 Å². The molecule has 0 spiro atoms. The average molecular weight is 239 g/mol. The van der Waals surface area contributed by atoms with Crippen LogP contribution in [0.25, 0.3) is 33.2 Å². The number of halogens is 1. The Kier molecular flexibility index (Phi) is 1.64. The average Bonchev–Trinajstić information content (AvgIpc) is 2.70. The Morgan fingerprint density at radius 2 is 1.53 bits per heavy atom. The van der Waals surface area contributed by atoms with Gasteiger partial charge in [-0.25, -0.2) is 0 Å². The summed E-state index contributed by atoms with van der Waals surface area (Å²) in [6.07, 6.45) is 0. The van der Waals surface area contributed by atoms with Gasteiger partial charge in [0.25, 0.3) is 0 Å². The highest BCUT2D eigenvalue weighted by Gasteiger charge is 2.23. The van der Waals surface area contributed by atoms with E-state index in [0.717, 1.165) is 22.0 Å². The summed E-state index contributed by atoms with van der Waals surface area (Å²) in [4.78, 5) is 0. The van der Waals surface area contributed by atoms with Crippen LogP contribution in [0.4, 0.5) is 0 Å². The summed E-state index contributed by atoms with van der Waals surface area (Å²) in [6.45, 7) is 0. The number of rotatable bonds is 0. The van der Waals surface area contributed by atoms with Crippen LogP contribution in [-0.2, 0) is 0 Å². The fourth-order valence-electron chi connectivity index (χ4n) is 2.51. The van der Waals surface area contributed by atoms with Gasteiger partial charge >= 0.3 is 0 Å². The van der Waals surface area contributed by atoms with Crippen molar-refractivity contribution in [1.82, 2.24) is 10.2 Å². The topological polar surface area (TPSA) is 25.8 Å². The minimum absolute atomic E-state index is 0.471. The lowest BCUT2D eigenvalue weighted by molar-refractivity contribution is 1.06. The molecule has 0 radical (unpaired) electrons.